The van der Waals surface area contributed by atoms with Crippen LogP contribution in [0.25, 0.3) is 0 Å². The van der Waals surface area contributed by atoms with E-state index in [1.54, 1.807) is 0 Å². The maximum Gasteiger partial charge on any atom is 0.147 e. The van der Waals surface area contributed by atoms with Gasteiger partial charge in [0, 0.05) is 18.7 Å². The third-order valence-corrected chi connectivity index (χ3v) is 3.92. The lowest BCUT2D eigenvalue weighted by atomic mass is 9.92. The van der Waals surface area contributed by atoms with Gasteiger partial charge in [0.15, 0.2) is 0 Å². The van der Waals surface area contributed by atoms with Crippen LogP contribution in [-0.2, 0) is 13.1 Å². The Labute approximate surface area is 111 Å². The Hall–Kier alpha value is -1.88. The van der Waals surface area contributed by atoms with Gasteiger partial charge in [0.2, 0.25) is 0 Å². The summed E-state index contributed by atoms with van der Waals surface area (Å²) in [7, 11) is 0. The van der Waals surface area contributed by atoms with Crippen LogP contribution < -0.4 is 10.1 Å². The maximum atomic E-state index is 5.73. The topological polar surface area (TPSA) is 52.0 Å². The molecule has 98 valence electrons. The van der Waals surface area contributed by atoms with Crippen molar-refractivity contribution in [1.29, 1.82) is 0 Å². The molecule has 0 saturated carbocycles. The summed E-state index contributed by atoms with van der Waals surface area (Å²) in [5, 5.41) is 12.1. The van der Waals surface area contributed by atoms with Crippen LogP contribution in [0.2, 0.25) is 0 Å². The quantitative estimate of drug-likeness (QED) is 0.835. The molecular formula is C14H16N4O. The minimum atomic E-state index is 0.310. The van der Waals surface area contributed by atoms with Crippen LogP contribution >= 0.6 is 0 Å². The van der Waals surface area contributed by atoms with Gasteiger partial charge in [-0.1, -0.05) is 18.2 Å². The molecule has 4 rings (SSSR count). The van der Waals surface area contributed by atoms with Gasteiger partial charge < -0.3 is 14.6 Å². The molecule has 19 heavy (non-hydrogen) atoms. The molecule has 1 atom stereocenters. The van der Waals surface area contributed by atoms with Crippen molar-refractivity contribution in [2.24, 2.45) is 0 Å². The molecule has 0 bridgehead atoms. The Morgan fingerprint density at radius 3 is 3.21 bits per heavy atom. The fourth-order valence-electron chi connectivity index (χ4n) is 2.98. The molecule has 2 aliphatic heterocycles. The molecule has 5 nitrogen and oxygen atoms in total. The Kier molecular flexibility index (Phi) is 2.51. The second-order valence-electron chi connectivity index (χ2n) is 5.03. The zero-order chi connectivity index (χ0) is 12.7. The number of ether oxygens (including phenoxy) is 1. The van der Waals surface area contributed by atoms with Gasteiger partial charge in [0.1, 0.15) is 17.4 Å². The minimum absolute atomic E-state index is 0.310. The lowest BCUT2D eigenvalue weighted by Gasteiger charge is -2.26. The highest BCUT2D eigenvalue weighted by molar-refractivity contribution is 5.41. The van der Waals surface area contributed by atoms with Crippen LogP contribution in [-0.4, -0.2) is 27.9 Å². The molecule has 2 aromatic rings. The van der Waals surface area contributed by atoms with Crippen molar-refractivity contribution in [3.05, 3.63) is 41.5 Å². The minimum Gasteiger partial charge on any atom is -0.493 e. The van der Waals surface area contributed by atoms with Crippen molar-refractivity contribution < 1.29 is 4.74 Å². The molecule has 1 N–H and O–H groups in total. The van der Waals surface area contributed by atoms with Crippen LogP contribution in [0, 0.1) is 0 Å². The fourth-order valence-corrected chi connectivity index (χ4v) is 2.98. The summed E-state index contributed by atoms with van der Waals surface area (Å²) in [5.74, 6) is 3.44. The zero-order valence-corrected chi connectivity index (χ0v) is 10.7. The lowest BCUT2D eigenvalue weighted by Crippen LogP contribution is -2.30. The molecule has 3 heterocycles. The number of para-hydroxylation sites is 1. The van der Waals surface area contributed by atoms with E-state index in [2.05, 4.69) is 32.2 Å². The summed E-state index contributed by atoms with van der Waals surface area (Å²) in [5.41, 5.74) is 1.24. The van der Waals surface area contributed by atoms with E-state index >= 15 is 0 Å². The molecule has 1 aromatic carbocycles. The van der Waals surface area contributed by atoms with Crippen molar-refractivity contribution in [1.82, 2.24) is 20.1 Å². The maximum absolute atomic E-state index is 5.73. The third kappa shape index (κ3) is 1.73. The van der Waals surface area contributed by atoms with Gasteiger partial charge in [0.25, 0.3) is 0 Å². The summed E-state index contributed by atoms with van der Waals surface area (Å²) >= 11 is 0. The van der Waals surface area contributed by atoms with E-state index < -0.39 is 0 Å². The average Bonchev–Trinajstić information content (AvgIpc) is 2.90. The third-order valence-electron chi connectivity index (χ3n) is 3.92. The summed E-state index contributed by atoms with van der Waals surface area (Å²) in [4.78, 5) is 0. The van der Waals surface area contributed by atoms with Gasteiger partial charge in [-0.3, -0.25) is 0 Å². The normalized spacial score (nSPS) is 21.4. The molecule has 0 saturated heterocycles. The number of nitrogens with one attached hydrogen (secondary N) is 1. The summed E-state index contributed by atoms with van der Waals surface area (Å²) in [6.45, 7) is 3.51. The van der Waals surface area contributed by atoms with E-state index in [1.807, 2.05) is 12.1 Å². The number of hydrogen-bond acceptors (Lipinski definition) is 4. The van der Waals surface area contributed by atoms with Crippen LogP contribution in [0.4, 0.5) is 0 Å². The highest BCUT2D eigenvalue weighted by Crippen LogP contribution is 2.37. The summed E-state index contributed by atoms with van der Waals surface area (Å²) < 4.78 is 7.99. The van der Waals surface area contributed by atoms with Gasteiger partial charge in [-0.05, 0) is 12.5 Å². The van der Waals surface area contributed by atoms with E-state index in [0.29, 0.717) is 5.92 Å². The van der Waals surface area contributed by atoms with Crippen LogP contribution in [0.1, 0.15) is 29.6 Å². The van der Waals surface area contributed by atoms with E-state index in [4.69, 9.17) is 4.74 Å². The van der Waals surface area contributed by atoms with E-state index in [9.17, 15) is 0 Å². The zero-order valence-electron chi connectivity index (χ0n) is 10.7. The number of hydrogen-bond donors (Lipinski definition) is 1. The van der Waals surface area contributed by atoms with Gasteiger partial charge in [-0.2, -0.15) is 0 Å². The Morgan fingerprint density at radius 1 is 1.26 bits per heavy atom. The van der Waals surface area contributed by atoms with Gasteiger partial charge in [0.05, 0.1) is 19.1 Å². The van der Waals surface area contributed by atoms with Crippen molar-refractivity contribution in [2.45, 2.75) is 25.4 Å². The van der Waals surface area contributed by atoms with E-state index in [1.165, 1.54) is 5.56 Å². The van der Waals surface area contributed by atoms with Gasteiger partial charge in [-0.15, -0.1) is 10.2 Å². The first kappa shape index (κ1) is 11.0. The Morgan fingerprint density at radius 2 is 2.21 bits per heavy atom. The first-order valence-corrected chi connectivity index (χ1v) is 6.78. The van der Waals surface area contributed by atoms with E-state index in [0.717, 1.165) is 50.1 Å². The van der Waals surface area contributed by atoms with Crippen molar-refractivity contribution in [3.8, 4) is 5.75 Å². The molecule has 0 aliphatic carbocycles. The van der Waals surface area contributed by atoms with Crippen molar-refractivity contribution in [3.63, 3.8) is 0 Å². The fraction of sp³-hybridized carbons (Fsp3) is 0.429. The Bertz CT molecular complexity index is 607. The molecule has 5 heteroatoms. The molecule has 1 aromatic heterocycles. The highest BCUT2D eigenvalue weighted by Gasteiger charge is 2.28. The number of benzene rings is 1. The molecule has 0 amide bonds. The average molecular weight is 256 g/mol. The number of nitrogens with zero attached hydrogens (tertiary/aromatic N) is 3. The van der Waals surface area contributed by atoms with Crippen LogP contribution in [0.5, 0.6) is 5.75 Å². The van der Waals surface area contributed by atoms with Crippen LogP contribution in [0.15, 0.2) is 24.3 Å². The second-order valence-corrected chi connectivity index (χ2v) is 5.03. The summed E-state index contributed by atoms with van der Waals surface area (Å²) in [6.07, 6.45) is 0.975. The SMILES string of the molecule is c1ccc2c(c1)OCCC2c1nnc2n1CCNC2. The first-order chi connectivity index (χ1) is 9.43. The Balaban J connectivity index is 1.79. The van der Waals surface area contributed by atoms with Gasteiger partial charge >= 0.3 is 0 Å². The molecule has 0 fully saturated rings. The predicted molar refractivity (Wildman–Crippen MR) is 70.1 cm³/mol. The largest absolute Gasteiger partial charge is 0.493 e. The highest BCUT2D eigenvalue weighted by atomic mass is 16.5. The van der Waals surface area contributed by atoms with Gasteiger partial charge in [-0.25, -0.2) is 0 Å². The molecule has 1 unspecified atom stereocenters. The number of aromatic nitrogens is 3. The van der Waals surface area contributed by atoms with Crippen molar-refractivity contribution in [2.75, 3.05) is 13.2 Å². The molecular weight excluding hydrogens is 240 g/mol. The smallest absolute Gasteiger partial charge is 0.147 e. The number of rotatable bonds is 1. The molecule has 0 spiro atoms. The predicted octanol–water partition coefficient (Wildman–Crippen LogP) is 1.30. The lowest BCUT2D eigenvalue weighted by molar-refractivity contribution is 0.272. The monoisotopic (exact) mass is 256 g/mol. The van der Waals surface area contributed by atoms with Crippen LogP contribution in [0.3, 0.4) is 0 Å². The first-order valence-electron chi connectivity index (χ1n) is 6.78. The van der Waals surface area contributed by atoms with E-state index in [-0.39, 0.29) is 0 Å². The number of fused-ring (bicyclic) bond motifs is 2. The standard InChI is InChI=1S/C14H16N4O/c1-2-4-12-10(3-1)11(5-8-19-12)14-17-16-13-9-15-6-7-18(13)14/h1-4,11,15H,5-9H2. The van der Waals surface area contributed by atoms with Crippen molar-refractivity contribution >= 4 is 0 Å². The summed E-state index contributed by atoms with van der Waals surface area (Å²) in [6, 6.07) is 8.26. The molecule has 2 aliphatic rings. The second kappa shape index (κ2) is 4.35. The molecule has 0 radical (unpaired) electrons.